The summed E-state index contributed by atoms with van der Waals surface area (Å²) in [6.07, 6.45) is 7.65. The fraction of sp³-hybridized carbons (Fsp3) is 0.588. The highest BCUT2D eigenvalue weighted by atomic mass is 35.5. The van der Waals surface area contributed by atoms with E-state index in [1.807, 2.05) is 24.3 Å². The Bertz CT molecular complexity index is 427. The van der Waals surface area contributed by atoms with Crippen LogP contribution in [-0.2, 0) is 9.53 Å². The quantitative estimate of drug-likeness (QED) is 0.468. The van der Waals surface area contributed by atoms with E-state index in [2.05, 4.69) is 6.92 Å². The average Bonchev–Trinajstić information content (AvgIpc) is 3.24. The van der Waals surface area contributed by atoms with Crippen molar-refractivity contribution in [1.82, 2.24) is 0 Å². The van der Waals surface area contributed by atoms with Gasteiger partial charge in [-0.3, -0.25) is 4.79 Å². The van der Waals surface area contributed by atoms with Gasteiger partial charge in [0.05, 0.1) is 0 Å². The number of hydrogen-bond acceptors (Lipinski definition) is 2. The molecular weight excluding hydrogens is 272 g/mol. The van der Waals surface area contributed by atoms with Crippen LogP contribution in [0.15, 0.2) is 24.3 Å². The normalized spacial score (nSPS) is 20.9. The lowest BCUT2D eigenvalue weighted by Gasteiger charge is -2.00. The van der Waals surface area contributed by atoms with Crippen molar-refractivity contribution < 1.29 is 9.53 Å². The second-order valence-corrected chi connectivity index (χ2v) is 5.95. The molecular formula is C17H23ClO2. The minimum atomic E-state index is -0.216. The molecule has 1 heterocycles. The number of carbonyl (C=O) groups excluding carboxylic acids is 1. The number of carbonyl (C=O) groups is 1. The molecule has 0 aromatic heterocycles. The van der Waals surface area contributed by atoms with E-state index in [1.165, 1.54) is 25.7 Å². The number of ketones is 1. The van der Waals surface area contributed by atoms with Gasteiger partial charge in [-0.05, 0) is 24.1 Å². The van der Waals surface area contributed by atoms with Crippen LogP contribution in [0.3, 0.4) is 0 Å². The monoisotopic (exact) mass is 294 g/mol. The molecule has 2 rings (SSSR count). The van der Waals surface area contributed by atoms with Crippen molar-refractivity contribution in [1.29, 1.82) is 0 Å². The van der Waals surface area contributed by atoms with E-state index in [0.29, 0.717) is 11.4 Å². The Kier molecular flexibility index (Phi) is 6.06. The standard InChI is InChI=1S/C17H23ClO2/c1-2-3-4-5-6-7-8-15(19)17-16(20-17)13-9-11-14(18)12-10-13/h9-12,16-17H,2-8H2,1H3/t16-,17-/m0/s1. The van der Waals surface area contributed by atoms with Crippen LogP contribution in [0.1, 0.15) is 63.5 Å². The van der Waals surface area contributed by atoms with Gasteiger partial charge < -0.3 is 4.74 Å². The van der Waals surface area contributed by atoms with Gasteiger partial charge in [0.2, 0.25) is 0 Å². The number of rotatable bonds is 9. The Balaban J connectivity index is 1.64. The third kappa shape index (κ3) is 4.60. The third-order valence-corrected chi connectivity index (χ3v) is 4.04. The van der Waals surface area contributed by atoms with Gasteiger partial charge in [-0.1, -0.05) is 62.8 Å². The number of unbranched alkanes of at least 4 members (excludes halogenated alkanes) is 5. The molecule has 0 aliphatic carbocycles. The van der Waals surface area contributed by atoms with Crippen molar-refractivity contribution in [3.8, 4) is 0 Å². The SMILES string of the molecule is CCCCCCCCC(=O)[C@@H]1O[C@H]1c1ccc(Cl)cc1. The van der Waals surface area contributed by atoms with Gasteiger partial charge in [0.25, 0.3) is 0 Å². The van der Waals surface area contributed by atoms with Gasteiger partial charge >= 0.3 is 0 Å². The number of benzene rings is 1. The Labute approximate surface area is 126 Å². The minimum Gasteiger partial charge on any atom is -0.356 e. The second kappa shape index (κ2) is 7.80. The molecule has 0 bridgehead atoms. The topological polar surface area (TPSA) is 29.6 Å². The van der Waals surface area contributed by atoms with E-state index in [0.717, 1.165) is 18.4 Å². The van der Waals surface area contributed by atoms with Crippen molar-refractivity contribution in [2.24, 2.45) is 0 Å². The second-order valence-electron chi connectivity index (χ2n) is 5.51. The molecule has 1 aliphatic heterocycles. The molecule has 1 aromatic rings. The zero-order valence-electron chi connectivity index (χ0n) is 12.1. The van der Waals surface area contributed by atoms with E-state index in [1.54, 1.807) is 0 Å². The van der Waals surface area contributed by atoms with E-state index in [9.17, 15) is 4.79 Å². The van der Waals surface area contributed by atoms with Gasteiger partial charge in [-0.15, -0.1) is 0 Å². The summed E-state index contributed by atoms with van der Waals surface area (Å²) >= 11 is 5.85. The minimum absolute atomic E-state index is 0.0418. The summed E-state index contributed by atoms with van der Waals surface area (Å²) in [6.45, 7) is 2.21. The van der Waals surface area contributed by atoms with Crippen molar-refractivity contribution in [2.75, 3.05) is 0 Å². The Morgan fingerprint density at radius 3 is 2.45 bits per heavy atom. The maximum absolute atomic E-state index is 12.0. The van der Waals surface area contributed by atoms with Crippen LogP contribution in [0.4, 0.5) is 0 Å². The highest BCUT2D eigenvalue weighted by Gasteiger charge is 2.44. The van der Waals surface area contributed by atoms with Crippen molar-refractivity contribution in [3.63, 3.8) is 0 Å². The number of Topliss-reactive ketones (excluding diaryl/α,β-unsaturated/α-hetero) is 1. The van der Waals surface area contributed by atoms with Crippen LogP contribution in [0.25, 0.3) is 0 Å². The van der Waals surface area contributed by atoms with Crippen LogP contribution in [0, 0.1) is 0 Å². The molecule has 0 unspecified atom stereocenters. The van der Waals surface area contributed by atoms with Crippen LogP contribution in [0.2, 0.25) is 5.02 Å². The molecule has 3 heteroatoms. The van der Waals surface area contributed by atoms with Gasteiger partial charge in [-0.25, -0.2) is 0 Å². The van der Waals surface area contributed by atoms with Gasteiger partial charge in [0.1, 0.15) is 12.2 Å². The first-order valence-electron chi connectivity index (χ1n) is 7.66. The fourth-order valence-corrected chi connectivity index (χ4v) is 2.61. The molecule has 0 saturated carbocycles. The fourth-order valence-electron chi connectivity index (χ4n) is 2.48. The molecule has 1 saturated heterocycles. The molecule has 2 atom stereocenters. The highest BCUT2D eigenvalue weighted by molar-refractivity contribution is 6.30. The summed E-state index contributed by atoms with van der Waals surface area (Å²) in [5.41, 5.74) is 1.05. The third-order valence-electron chi connectivity index (χ3n) is 3.78. The van der Waals surface area contributed by atoms with Gasteiger partial charge in [0, 0.05) is 11.4 Å². The number of halogens is 1. The Hall–Kier alpha value is -0.860. The summed E-state index contributed by atoms with van der Waals surface area (Å²) in [7, 11) is 0. The average molecular weight is 295 g/mol. The maximum atomic E-state index is 12.0. The predicted octanol–water partition coefficient (Wildman–Crippen LogP) is 5.10. The first-order chi connectivity index (χ1) is 9.72. The van der Waals surface area contributed by atoms with E-state index >= 15 is 0 Å². The molecule has 1 aliphatic rings. The van der Waals surface area contributed by atoms with Gasteiger partial charge in [-0.2, -0.15) is 0 Å². The molecule has 0 N–H and O–H groups in total. The zero-order valence-corrected chi connectivity index (χ0v) is 12.9. The van der Waals surface area contributed by atoms with Crippen molar-refractivity contribution in [3.05, 3.63) is 34.9 Å². The van der Waals surface area contributed by atoms with E-state index in [4.69, 9.17) is 16.3 Å². The molecule has 20 heavy (non-hydrogen) atoms. The predicted molar refractivity (Wildman–Crippen MR) is 82.1 cm³/mol. The summed E-state index contributed by atoms with van der Waals surface area (Å²) < 4.78 is 5.51. The largest absolute Gasteiger partial charge is 0.356 e. The van der Waals surface area contributed by atoms with Crippen LogP contribution in [0.5, 0.6) is 0 Å². The van der Waals surface area contributed by atoms with Crippen LogP contribution < -0.4 is 0 Å². The first-order valence-corrected chi connectivity index (χ1v) is 8.04. The van der Waals surface area contributed by atoms with E-state index in [-0.39, 0.29) is 18.0 Å². The lowest BCUT2D eigenvalue weighted by molar-refractivity contribution is -0.120. The molecule has 0 amide bonds. The Morgan fingerprint density at radius 2 is 1.75 bits per heavy atom. The molecule has 1 aromatic carbocycles. The number of ether oxygens (including phenoxy) is 1. The lowest BCUT2D eigenvalue weighted by atomic mass is 10.0. The number of hydrogen-bond donors (Lipinski definition) is 0. The molecule has 0 radical (unpaired) electrons. The molecule has 110 valence electrons. The van der Waals surface area contributed by atoms with Gasteiger partial charge in [0.15, 0.2) is 5.78 Å². The highest BCUT2D eigenvalue weighted by Crippen LogP contribution is 2.40. The smallest absolute Gasteiger partial charge is 0.164 e. The zero-order chi connectivity index (χ0) is 14.4. The Morgan fingerprint density at radius 1 is 1.10 bits per heavy atom. The molecule has 2 nitrogen and oxygen atoms in total. The lowest BCUT2D eigenvalue weighted by Crippen LogP contribution is -2.07. The molecule has 1 fully saturated rings. The molecule has 0 spiro atoms. The summed E-state index contributed by atoms with van der Waals surface area (Å²) in [5.74, 6) is 0.250. The summed E-state index contributed by atoms with van der Waals surface area (Å²) in [5, 5.41) is 0.712. The van der Waals surface area contributed by atoms with Crippen LogP contribution >= 0.6 is 11.6 Å². The summed E-state index contributed by atoms with van der Waals surface area (Å²) in [6, 6.07) is 7.55. The van der Waals surface area contributed by atoms with Crippen LogP contribution in [-0.4, -0.2) is 11.9 Å². The maximum Gasteiger partial charge on any atom is 0.164 e. The summed E-state index contributed by atoms with van der Waals surface area (Å²) in [4.78, 5) is 12.0. The number of epoxide rings is 1. The van der Waals surface area contributed by atoms with E-state index < -0.39 is 0 Å². The van der Waals surface area contributed by atoms with Crippen molar-refractivity contribution >= 4 is 17.4 Å². The van der Waals surface area contributed by atoms with Crippen molar-refractivity contribution in [2.45, 2.75) is 64.1 Å². The first kappa shape index (κ1) is 15.5.